The number of hydrogen-bond donors (Lipinski definition) is 0. The average Bonchev–Trinajstić information content (AvgIpc) is 3.41. The van der Waals surface area contributed by atoms with E-state index in [-0.39, 0.29) is 18.7 Å². The minimum atomic E-state index is -0.879. The molecule has 1 atom stereocenters. The molecule has 0 radical (unpaired) electrons. The third-order valence-corrected chi connectivity index (χ3v) is 6.76. The molecule has 8 nitrogen and oxygen atoms in total. The van der Waals surface area contributed by atoms with E-state index in [0.29, 0.717) is 12.8 Å². The van der Waals surface area contributed by atoms with Gasteiger partial charge in [-0.2, -0.15) is 5.26 Å². The molecule has 1 aromatic heterocycles. The lowest BCUT2D eigenvalue weighted by Gasteiger charge is -2.39. The summed E-state index contributed by atoms with van der Waals surface area (Å²) >= 11 is 0. The second kappa shape index (κ2) is 9.49. The number of amides is 2. The molecule has 172 valence electrons. The van der Waals surface area contributed by atoms with Crippen LogP contribution in [0.15, 0.2) is 47.1 Å². The smallest absolute Gasteiger partial charge is 0.329 e. The first kappa shape index (κ1) is 22.6. The van der Waals surface area contributed by atoms with Gasteiger partial charge in [0.25, 0.3) is 11.8 Å². The van der Waals surface area contributed by atoms with Gasteiger partial charge in [-0.1, -0.05) is 43.5 Å². The van der Waals surface area contributed by atoms with Crippen LogP contribution in [-0.4, -0.2) is 52.8 Å². The summed E-state index contributed by atoms with van der Waals surface area (Å²) in [4.78, 5) is 41.7. The van der Waals surface area contributed by atoms with Gasteiger partial charge in [0.2, 0.25) is 0 Å². The second-order valence-electron chi connectivity index (χ2n) is 8.66. The number of furan rings is 1. The van der Waals surface area contributed by atoms with Crippen molar-refractivity contribution in [2.24, 2.45) is 0 Å². The molecule has 2 amide bonds. The Morgan fingerprint density at radius 3 is 2.55 bits per heavy atom. The molecular formula is C25H27N3O5. The van der Waals surface area contributed by atoms with Gasteiger partial charge in [0.05, 0.1) is 12.3 Å². The Labute approximate surface area is 192 Å². The van der Waals surface area contributed by atoms with Crippen molar-refractivity contribution < 1.29 is 23.5 Å². The SMILES string of the molecule is CN(C(=O)COC(=O)C1Cc2ccccc2CN1C(=O)c1ccco1)C1(C#N)CCCCC1. The van der Waals surface area contributed by atoms with E-state index in [2.05, 4.69) is 6.07 Å². The lowest BCUT2D eigenvalue weighted by molar-refractivity contribution is -0.157. The molecule has 1 aliphatic heterocycles. The Balaban J connectivity index is 1.47. The summed E-state index contributed by atoms with van der Waals surface area (Å²) in [5.41, 5.74) is 1.05. The molecule has 0 saturated heterocycles. The van der Waals surface area contributed by atoms with E-state index in [0.717, 1.165) is 30.4 Å². The number of nitriles is 1. The molecule has 1 fully saturated rings. The molecule has 0 spiro atoms. The van der Waals surface area contributed by atoms with Gasteiger partial charge in [-0.3, -0.25) is 9.59 Å². The lowest BCUT2D eigenvalue weighted by atomic mass is 9.81. The molecular weight excluding hydrogens is 422 g/mol. The predicted molar refractivity (Wildman–Crippen MR) is 118 cm³/mol. The Morgan fingerprint density at radius 2 is 1.88 bits per heavy atom. The average molecular weight is 450 g/mol. The van der Waals surface area contributed by atoms with Crippen molar-refractivity contribution in [2.75, 3.05) is 13.7 Å². The van der Waals surface area contributed by atoms with Crippen LogP contribution in [-0.2, 0) is 27.3 Å². The number of carbonyl (C=O) groups is 3. The van der Waals surface area contributed by atoms with E-state index in [4.69, 9.17) is 9.15 Å². The van der Waals surface area contributed by atoms with Crippen molar-refractivity contribution in [1.29, 1.82) is 5.26 Å². The summed E-state index contributed by atoms with van der Waals surface area (Å²) < 4.78 is 10.6. The highest BCUT2D eigenvalue weighted by Crippen LogP contribution is 2.32. The molecule has 4 rings (SSSR count). The fourth-order valence-corrected chi connectivity index (χ4v) is 4.71. The number of likely N-dealkylation sites (N-methyl/N-ethyl adjacent to an activating group) is 1. The predicted octanol–water partition coefficient (Wildman–Crippen LogP) is 3.07. The highest BCUT2D eigenvalue weighted by molar-refractivity contribution is 5.95. The molecule has 2 aliphatic rings. The molecule has 1 unspecified atom stereocenters. The van der Waals surface area contributed by atoms with Gasteiger partial charge in [-0.15, -0.1) is 0 Å². The zero-order valence-electron chi connectivity index (χ0n) is 18.7. The van der Waals surface area contributed by atoms with Crippen molar-refractivity contribution in [3.8, 4) is 6.07 Å². The van der Waals surface area contributed by atoms with E-state index in [9.17, 15) is 19.6 Å². The number of rotatable bonds is 5. The Morgan fingerprint density at radius 1 is 1.15 bits per heavy atom. The van der Waals surface area contributed by atoms with E-state index < -0.39 is 36.0 Å². The minimum absolute atomic E-state index is 0.135. The summed E-state index contributed by atoms with van der Waals surface area (Å²) in [6.07, 6.45) is 5.74. The first-order valence-corrected chi connectivity index (χ1v) is 11.2. The second-order valence-corrected chi connectivity index (χ2v) is 8.66. The molecule has 8 heteroatoms. The van der Waals surface area contributed by atoms with Crippen LogP contribution in [0.2, 0.25) is 0 Å². The third kappa shape index (κ3) is 4.49. The van der Waals surface area contributed by atoms with Crippen LogP contribution in [0, 0.1) is 11.3 Å². The van der Waals surface area contributed by atoms with Crippen LogP contribution in [0.1, 0.15) is 53.8 Å². The van der Waals surface area contributed by atoms with Crippen LogP contribution >= 0.6 is 0 Å². The number of hydrogen-bond acceptors (Lipinski definition) is 6. The van der Waals surface area contributed by atoms with Gasteiger partial charge in [-0.25, -0.2) is 4.79 Å². The molecule has 2 heterocycles. The summed E-state index contributed by atoms with van der Waals surface area (Å²) in [5.74, 6) is -1.35. The molecule has 2 aromatic rings. The molecule has 1 aliphatic carbocycles. The van der Waals surface area contributed by atoms with E-state index >= 15 is 0 Å². The molecule has 33 heavy (non-hydrogen) atoms. The first-order valence-electron chi connectivity index (χ1n) is 11.2. The highest BCUT2D eigenvalue weighted by Gasteiger charge is 2.40. The van der Waals surface area contributed by atoms with Crippen molar-refractivity contribution in [2.45, 2.75) is 56.7 Å². The van der Waals surface area contributed by atoms with Gasteiger partial charge in [0, 0.05) is 20.0 Å². The maximum absolute atomic E-state index is 13.1. The zero-order valence-corrected chi connectivity index (χ0v) is 18.7. The van der Waals surface area contributed by atoms with E-state index in [1.165, 1.54) is 16.1 Å². The highest BCUT2D eigenvalue weighted by atomic mass is 16.5. The van der Waals surface area contributed by atoms with Crippen LogP contribution in [0.4, 0.5) is 0 Å². The summed E-state index contributed by atoms with van der Waals surface area (Å²) in [7, 11) is 1.59. The Bertz CT molecular complexity index is 1070. The number of ether oxygens (including phenoxy) is 1. The standard InChI is InChI=1S/C25H27N3O5/c1-27(25(17-26)11-5-2-6-12-25)22(29)16-33-24(31)20-14-18-8-3-4-9-19(18)15-28(20)23(30)21-10-7-13-32-21/h3-4,7-10,13,20H,2,5-6,11-12,14-16H2,1H3. The zero-order chi connectivity index (χ0) is 23.4. The Hall–Kier alpha value is -3.60. The number of fused-ring (bicyclic) bond motifs is 1. The number of esters is 1. The quantitative estimate of drug-likeness (QED) is 0.650. The third-order valence-electron chi connectivity index (χ3n) is 6.76. The monoisotopic (exact) mass is 449 g/mol. The molecule has 1 saturated carbocycles. The molecule has 1 aromatic carbocycles. The largest absolute Gasteiger partial charge is 0.459 e. The van der Waals surface area contributed by atoms with Crippen LogP contribution in [0.5, 0.6) is 0 Å². The van der Waals surface area contributed by atoms with Gasteiger partial charge in [0.15, 0.2) is 12.4 Å². The van der Waals surface area contributed by atoms with Gasteiger partial charge >= 0.3 is 5.97 Å². The van der Waals surface area contributed by atoms with Crippen molar-refractivity contribution in [3.63, 3.8) is 0 Å². The lowest BCUT2D eigenvalue weighted by Crippen LogP contribution is -2.52. The number of carbonyl (C=O) groups excluding carboxylic acids is 3. The van der Waals surface area contributed by atoms with Crippen molar-refractivity contribution in [3.05, 3.63) is 59.5 Å². The fourth-order valence-electron chi connectivity index (χ4n) is 4.71. The maximum Gasteiger partial charge on any atom is 0.329 e. The van der Waals surface area contributed by atoms with Crippen LogP contribution in [0.25, 0.3) is 0 Å². The van der Waals surface area contributed by atoms with Gasteiger partial charge in [0.1, 0.15) is 11.6 Å². The number of nitrogens with zero attached hydrogens (tertiary/aromatic N) is 3. The Kier molecular flexibility index (Phi) is 6.50. The minimum Gasteiger partial charge on any atom is -0.459 e. The summed E-state index contributed by atoms with van der Waals surface area (Å²) in [6, 6.07) is 12.2. The van der Waals surface area contributed by atoms with Gasteiger partial charge < -0.3 is 19.0 Å². The van der Waals surface area contributed by atoms with Crippen LogP contribution in [0.3, 0.4) is 0 Å². The van der Waals surface area contributed by atoms with Crippen molar-refractivity contribution in [1.82, 2.24) is 9.80 Å². The van der Waals surface area contributed by atoms with Crippen LogP contribution < -0.4 is 0 Å². The molecule has 0 N–H and O–H groups in total. The van der Waals surface area contributed by atoms with Gasteiger partial charge in [-0.05, 0) is 36.1 Å². The molecule has 0 bridgehead atoms. The van der Waals surface area contributed by atoms with E-state index in [1.807, 2.05) is 24.3 Å². The summed E-state index contributed by atoms with van der Waals surface area (Å²) in [5, 5.41) is 9.72. The van der Waals surface area contributed by atoms with E-state index in [1.54, 1.807) is 19.2 Å². The normalized spacial score (nSPS) is 19.2. The first-order chi connectivity index (χ1) is 15.9. The maximum atomic E-state index is 13.1. The van der Waals surface area contributed by atoms with Crippen molar-refractivity contribution >= 4 is 17.8 Å². The summed E-state index contributed by atoms with van der Waals surface area (Å²) in [6.45, 7) is -0.236. The number of benzene rings is 1. The topological polar surface area (TPSA) is 104 Å². The fraction of sp³-hybridized carbons (Fsp3) is 0.440.